The smallest absolute Gasteiger partial charge is 0.264 e. The van der Waals surface area contributed by atoms with Crippen LogP contribution in [0.4, 0.5) is 5.69 Å². The molecule has 0 unspecified atom stereocenters. The number of benzene rings is 3. The number of aromatic nitrogens is 1. The summed E-state index contributed by atoms with van der Waals surface area (Å²) in [4.78, 5) is 12.9. The Bertz CT molecular complexity index is 1620. The van der Waals surface area contributed by atoms with Crippen LogP contribution in [0.2, 0.25) is 10.0 Å². The fraction of sp³-hybridized carbons (Fsp3) is 0.143. The standard InChI is InChI=1S/C28H26Cl2N4O3S/c1-19-9-7-8-12-27(19)34-20(2)15-22(21(34)3)17-31-32-28(35)18-33(23-13-14-25(29)26(30)16-23)38(36,37)24-10-5-4-6-11-24/h4-17H,18H2,1-3H3,(H,32,35)/b31-17-. The zero-order valence-electron chi connectivity index (χ0n) is 21.0. The second-order valence-corrected chi connectivity index (χ2v) is 11.3. The Hall–Kier alpha value is -3.59. The molecule has 0 bridgehead atoms. The van der Waals surface area contributed by atoms with E-state index in [2.05, 4.69) is 15.1 Å². The SMILES string of the molecule is Cc1ccccc1-n1c(C)cc(/C=N\NC(=O)CN(c2ccc(Cl)c(Cl)c2)S(=O)(=O)c2ccccc2)c1C. The van der Waals surface area contributed by atoms with Crippen molar-refractivity contribution in [3.63, 3.8) is 0 Å². The second kappa shape index (κ2) is 11.4. The first-order chi connectivity index (χ1) is 18.1. The maximum absolute atomic E-state index is 13.4. The van der Waals surface area contributed by atoms with Gasteiger partial charge in [0.2, 0.25) is 0 Å². The van der Waals surface area contributed by atoms with Crippen LogP contribution in [0.25, 0.3) is 5.69 Å². The molecule has 3 aromatic carbocycles. The van der Waals surface area contributed by atoms with Crippen molar-refractivity contribution in [2.75, 3.05) is 10.8 Å². The predicted octanol–water partition coefficient (Wildman–Crippen LogP) is 6.05. The average molecular weight is 570 g/mol. The van der Waals surface area contributed by atoms with Gasteiger partial charge in [-0.15, -0.1) is 0 Å². The van der Waals surface area contributed by atoms with E-state index in [0.29, 0.717) is 0 Å². The van der Waals surface area contributed by atoms with Crippen molar-refractivity contribution < 1.29 is 13.2 Å². The van der Waals surface area contributed by atoms with Crippen LogP contribution in [0.5, 0.6) is 0 Å². The van der Waals surface area contributed by atoms with Crippen molar-refractivity contribution in [1.29, 1.82) is 0 Å². The highest BCUT2D eigenvalue weighted by molar-refractivity contribution is 7.92. The maximum Gasteiger partial charge on any atom is 0.264 e. The molecule has 0 fully saturated rings. The summed E-state index contributed by atoms with van der Waals surface area (Å²) in [6.45, 7) is 5.50. The first-order valence-corrected chi connectivity index (χ1v) is 13.9. The topological polar surface area (TPSA) is 83.8 Å². The summed E-state index contributed by atoms with van der Waals surface area (Å²) in [5.74, 6) is -0.625. The van der Waals surface area contributed by atoms with Gasteiger partial charge in [0.05, 0.1) is 26.8 Å². The molecule has 1 amide bonds. The number of halogens is 2. The number of hydrazone groups is 1. The minimum atomic E-state index is -4.08. The monoisotopic (exact) mass is 568 g/mol. The molecule has 0 aliphatic carbocycles. The summed E-state index contributed by atoms with van der Waals surface area (Å²) < 4.78 is 30.0. The number of carbonyl (C=O) groups excluding carboxylic acids is 1. The van der Waals surface area contributed by atoms with Crippen molar-refractivity contribution in [1.82, 2.24) is 9.99 Å². The lowest BCUT2D eigenvalue weighted by atomic mass is 10.2. The number of carbonyl (C=O) groups is 1. The van der Waals surface area contributed by atoms with Gasteiger partial charge in [0.25, 0.3) is 15.9 Å². The molecule has 4 aromatic rings. The van der Waals surface area contributed by atoms with Gasteiger partial charge in [-0.3, -0.25) is 9.10 Å². The Morgan fingerprint density at radius 1 is 0.947 bits per heavy atom. The van der Waals surface area contributed by atoms with Crippen LogP contribution < -0.4 is 9.73 Å². The molecule has 0 saturated carbocycles. The number of anilines is 1. The number of hydrogen-bond acceptors (Lipinski definition) is 4. The molecule has 0 saturated heterocycles. The Labute approximate surface area is 232 Å². The van der Waals surface area contributed by atoms with E-state index in [-0.39, 0.29) is 20.6 Å². The van der Waals surface area contributed by atoms with Crippen LogP contribution >= 0.6 is 23.2 Å². The molecular formula is C28H26Cl2N4O3S. The van der Waals surface area contributed by atoms with Crippen LogP contribution in [0.3, 0.4) is 0 Å². The van der Waals surface area contributed by atoms with Crippen molar-refractivity contribution in [3.05, 3.63) is 111 Å². The van der Waals surface area contributed by atoms with Crippen LogP contribution in [0.1, 0.15) is 22.5 Å². The van der Waals surface area contributed by atoms with E-state index in [1.165, 1.54) is 30.3 Å². The molecule has 0 atom stereocenters. The third-order valence-electron chi connectivity index (χ3n) is 6.03. The highest BCUT2D eigenvalue weighted by Gasteiger charge is 2.27. The number of para-hydroxylation sites is 1. The first-order valence-electron chi connectivity index (χ1n) is 11.7. The van der Waals surface area contributed by atoms with Crippen LogP contribution in [-0.2, 0) is 14.8 Å². The number of nitrogens with zero attached hydrogens (tertiary/aromatic N) is 3. The molecule has 0 spiro atoms. The second-order valence-electron chi connectivity index (χ2n) is 8.66. The summed E-state index contributed by atoms with van der Waals surface area (Å²) in [7, 11) is -4.08. The van der Waals surface area contributed by atoms with E-state index >= 15 is 0 Å². The number of nitrogens with one attached hydrogen (secondary N) is 1. The zero-order valence-corrected chi connectivity index (χ0v) is 23.3. The molecule has 1 N–H and O–H groups in total. The van der Waals surface area contributed by atoms with Gasteiger partial charge >= 0.3 is 0 Å². The minimum Gasteiger partial charge on any atom is -0.318 e. The van der Waals surface area contributed by atoms with Gasteiger partial charge in [-0.1, -0.05) is 59.6 Å². The molecule has 10 heteroatoms. The molecule has 0 aliphatic rings. The van der Waals surface area contributed by atoms with Crippen LogP contribution in [0, 0.1) is 20.8 Å². The van der Waals surface area contributed by atoms with E-state index in [1.54, 1.807) is 24.4 Å². The Balaban J connectivity index is 1.57. The number of rotatable bonds is 8. The van der Waals surface area contributed by atoms with Gasteiger partial charge in [0.15, 0.2) is 0 Å². The normalized spacial score (nSPS) is 11.6. The van der Waals surface area contributed by atoms with Gasteiger partial charge in [0, 0.05) is 22.6 Å². The fourth-order valence-corrected chi connectivity index (χ4v) is 5.84. The zero-order chi connectivity index (χ0) is 27.4. The number of sulfonamides is 1. The summed E-state index contributed by atoms with van der Waals surface area (Å²) in [5.41, 5.74) is 7.64. The molecule has 1 heterocycles. The average Bonchev–Trinajstić information content (AvgIpc) is 3.17. The highest BCUT2D eigenvalue weighted by Crippen LogP contribution is 2.30. The lowest BCUT2D eigenvalue weighted by Crippen LogP contribution is -2.39. The van der Waals surface area contributed by atoms with Gasteiger partial charge in [-0.05, 0) is 68.8 Å². The largest absolute Gasteiger partial charge is 0.318 e. The van der Waals surface area contributed by atoms with Crippen LogP contribution in [0.15, 0.2) is 88.9 Å². The lowest BCUT2D eigenvalue weighted by molar-refractivity contribution is -0.119. The molecule has 38 heavy (non-hydrogen) atoms. The van der Waals surface area contributed by atoms with E-state index in [0.717, 1.165) is 32.5 Å². The molecule has 0 aliphatic heterocycles. The van der Waals surface area contributed by atoms with E-state index in [4.69, 9.17) is 23.2 Å². The van der Waals surface area contributed by atoms with Crippen molar-refractivity contribution in [2.24, 2.45) is 5.10 Å². The number of aryl methyl sites for hydroxylation is 2. The minimum absolute atomic E-state index is 0.0334. The molecule has 196 valence electrons. The summed E-state index contributed by atoms with van der Waals surface area (Å²) in [6.07, 6.45) is 1.55. The predicted molar refractivity (Wildman–Crippen MR) is 153 cm³/mol. The summed E-state index contributed by atoms with van der Waals surface area (Å²) in [6, 6.07) is 22.3. The van der Waals surface area contributed by atoms with Gasteiger partial charge in [-0.2, -0.15) is 5.10 Å². The summed E-state index contributed by atoms with van der Waals surface area (Å²) in [5, 5.41) is 4.53. The van der Waals surface area contributed by atoms with E-state index < -0.39 is 22.5 Å². The molecule has 7 nitrogen and oxygen atoms in total. The molecule has 0 radical (unpaired) electrons. The van der Waals surface area contributed by atoms with Gasteiger partial charge < -0.3 is 4.57 Å². The third-order valence-corrected chi connectivity index (χ3v) is 8.56. The first kappa shape index (κ1) is 27.4. The molecule has 4 rings (SSSR count). The quantitative estimate of drug-likeness (QED) is 0.207. The van der Waals surface area contributed by atoms with Crippen LogP contribution in [-0.4, -0.2) is 31.7 Å². The van der Waals surface area contributed by atoms with E-state index in [9.17, 15) is 13.2 Å². The number of hydrogen-bond donors (Lipinski definition) is 1. The Morgan fingerprint density at radius 2 is 1.63 bits per heavy atom. The Kier molecular flexibility index (Phi) is 8.26. The van der Waals surface area contributed by atoms with Crippen molar-refractivity contribution >= 4 is 51.0 Å². The highest BCUT2D eigenvalue weighted by atomic mass is 35.5. The molecular weight excluding hydrogens is 543 g/mol. The van der Waals surface area contributed by atoms with E-state index in [1.807, 2.05) is 51.1 Å². The van der Waals surface area contributed by atoms with Crippen molar-refractivity contribution in [3.8, 4) is 5.69 Å². The third kappa shape index (κ3) is 5.78. The van der Waals surface area contributed by atoms with Gasteiger partial charge in [-0.25, -0.2) is 13.8 Å². The fourth-order valence-electron chi connectivity index (χ4n) is 4.12. The number of amides is 1. The Morgan fingerprint density at radius 3 is 2.32 bits per heavy atom. The maximum atomic E-state index is 13.4. The lowest BCUT2D eigenvalue weighted by Gasteiger charge is -2.24. The van der Waals surface area contributed by atoms with Crippen molar-refractivity contribution in [2.45, 2.75) is 25.7 Å². The summed E-state index contributed by atoms with van der Waals surface area (Å²) >= 11 is 12.2. The van der Waals surface area contributed by atoms with Gasteiger partial charge in [0.1, 0.15) is 6.54 Å². The molecule has 1 aromatic heterocycles.